The van der Waals surface area contributed by atoms with Crippen LogP contribution in [0.5, 0.6) is 0 Å². The second-order valence-corrected chi connectivity index (χ2v) is 8.03. The monoisotopic (exact) mass is 420 g/mol. The summed E-state index contributed by atoms with van der Waals surface area (Å²) in [5.41, 5.74) is 2.84. The highest BCUT2D eigenvalue weighted by molar-refractivity contribution is 6.42. The van der Waals surface area contributed by atoms with Gasteiger partial charge in [-0.2, -0.15) is 0 Å². The van der Waals surface area contributed by atoms with Crippen LogP contribution < -0.4 is 5.32 Å². The Hall–Kier alpha value is -2.04. The second kappa shape index (κ2) is 9.94. The van der Waals surface area contributed by atoms with Crippen molar-refractivity contribution in [2.45, 2.75) is 52.7 Å². The van der Waals surface area contributed by atoms with Gasteiger partial charge in [0.05, 0.1) is 16.5 Å². The molecule has 0 aliphatic carbocycles. The smallest absolute Gasteiger partial charge is 0.242 e. The first-order valence-electron chi connectivity index (χ1n) is 9.27. The van der Waals surface area contributed by atoms with Gasteiger partial charge in [-0.3, -0.25) is 9.59 Å². The summed E-state index contributed by atoms with van der Waals surface area (Å²) >= 11 is 12.0. The highest BCUT2D eigenvalue weighted by Gasteiger charge is 2.27. The molecule has 6 heteroatoms. The van der Waals surface area contributed by atoms with E-state index in [9.17, 15) is 9.59 Å². The van der Waals surface area contributed by atoms with Crippen molar-refractivity contribution in [1.82, 2.24) is 10.2 Å². The maximum Gasteiger partial charge on any atom is 0.242 e. The Morgan fingerprint density at radius 3 is 2.32 bits per heavy atom. The quantitative estimate of drug-likeness (QED) is 0.699. The molecular weight excluding hydrogens is 395 g/mol. The lowest BCUT2D eigenvalue weighted by Gasteiger charge is -2.30. The summed E-state index contributed by atoms with van der Waals surface area (Å²) in [4.78, 5) is 27.3. The molecule has 2 aromatic rings. The first-order chi connectivity index (χ1) is 13.2. The van der Waals surface area contributed by atoms with E-state index in [4.69, 9.17) is 23.2 Å². The Balaban J connectivity index is 2.27. The zero-order chi connectivity index (χ0) is 20.8. The topological polar surface area (TPSA) is 49.4 Å². The van der Waals surface area contributed by atoms with E-state index < -0.39 is 6.04 Å². The Bertz CT molecular complexity index is 852. The molecule has 0 radical (unpaired) electrons. The molecule has 0 saturated carbocycles. The number of amides is 2. The fourth-order valence-corrected chi connectivity index (χ4v) is 3.21. The molecule has 1 N–H and O–H groups in total. The summed E-state index contributed by atoms with van der Waals surface area (Å²) in [5.74, 6) is -0.320. The number of hydrogen-bond donors (Lipinski definition) is 1. The average Bonchev–Trinajstić information content (AvgIpc) is 2.63. The Morgan fingerprint density at radius 2 is 1.71 bits per heavy atom. The number of nitrogens with zero attached hydrogens (tertiary/aromatic N) is 1. The van der Waals surface area contributed by atoms with Crippen molar-refractivity contribution in [2.75, 3.05) is 0 Å². The standard InChI is InChI=1S/C22H26Cl2N2O2/c1-14(2)25-22(28)16(4)26(13-18-8-6-5-7-15(18)3)21(27)12-17-9-10-19(23)20(24)11-17/h5-11,14,16H,12-13H2,1-4H3,(H,25,28)/t16-/m0/s1. The first kappa shape index (κ1) is 22.3. The minimum absolute atomic E-state index is 0.000403. The van der Waals surface area contributed by atoms with Gasteiger partial charge in [0.25, 0.3) is 0 Å². The minimum atomic E-state index is -0.600. The molecular formula is C22H26Cl2N2O2. The Morgan fingerprint density at radius 1 is 1.04 bits per heavy atom. The van der Waals surface area contributed by atoms with Crippen LogP contribution in [0.2, 0.25) is 10.0 Å². The number of aryl methyl sites for hydroxylation is 1. The maximum absolute atomic E-state index is 13.1. The van der Waals surface area contributed by atoms with Gasteiger partial charge in [-0.15, -0.1) is 0 Å². The van der Waals surface area contributed by atoms with Crippen molar-refractivity contribution >= 4 is 35.0 Å². The van der Waals surface area contributed by atoms with E-state index in [0.29, 0.717) is 16.6 Å². The third kappa shape index (κ3) is 5.98. The SMILES string of the molecule is Cc1ccccc1CN(C(=O)Cc1ccc(Cl)c(Cl)c1)[C@@H](C)C(=O)NC(C)C. The van der Waals surface area contributed by atoms with E-state index in [-0.39, 0.29) is 24.3 Å². The predicted molar refractivity (Wildman–Crippen MR) is 115 cm³/mol. The lowest BCUT2D eigenvalue weighted by molar-refractivity contribution is -0.140. The zero-order valence-electron chi connectivity index (χ0n) is 16.6. The van der Waals surface area contributed by atoms with Gasteiger partial charge in [0.2, 0.25) is 11.8 Å². The fourth-order valence-electron chi connectivity index (χ4n) is 2.88. The number of benzene rings is 2. The summed E-state index contributed by atoms with van der Waals surface area (Å²) < 4.78 is 0. The van der Waals surface area contributed by atoms with Gasteiger partial charge in [-0.25, -0.2) is 0 Å². The first-order valence-corrected chi connectivity index (χ1v) is 10.0. The number of rotatable bonds is 7. The van der Waals surface area contributed by atoms with Crippen molar-refractivity contribution in [3.8, 4) is 0 Å². The minimum Gasteiger partial charge on any atom is -0.352 e. The van der Waals surface area contributed by atoms with Crippen LogP contribution in [0.15, 0.2) is 42.5 Å². The van der Waals surface area contributed by atoms with Gasteiger partial charge in [0.15, 0.2) is 0 Å². The van der Waals surface area contributed by atoms with Crippen LogP contribution in [0.1, 0.15) is 37.5 Å². The van der Waals surface area contributed by atoms with Gasteiger partial charge < -0.3 is 10.2 Å². The van der Waals surface area contributed by atoms with Crippen molar-refractivity contribution in [3.63, 3.8) is 0 Å². The van der Waals surface area contributed by atoms with Gasteiger partial charge in [-0.05, 0) is 56.5 Å². The van der Waals surface area contributed by atoms with Crippen molar-refractivity contribution in [1.29, 1.82) is 0 Å². The number of halogens is 2. The largest absolute Gasteiger partial charge is 0.352 e. The summed E-state index contributed by atoms with van der Waals surface area (Å²) in [6.45, 7) is 7.90. The molecule has 0 unspecified atom stereocenters. The normalized spacial score (nSPS) is 12.0. The summed E-state index contributed by atoms with van der Waals surface area (Å²) in [6, 6.07) is 12.4. The highest BCUT2D eigenvalue weighted by atomic mass is 35.5. The number of hydrogen-bond acceptors (Lipinski definition) is 2. The molecule has 2 rings (SSSR count). The van der Waals surface area contributed by atoms with Gasteiger partial charge in [0, 0.05) is 12.6 Å². The van der Waals surface area contributed by atoms with Crippen molar-refractivity contribution in [2.24, 2.45) is 0 Å². The van der Waals surface area contributed by atoms with Gasteiger partial charge in [-0.1, -0.05) is 53.5 Å². The number of carbonyl (C=O) groups is 2. The summed E-state index contributed by atoms with van der Waals surface area (Å²) in [7, 11) is 0. The molecule has 0 spiro atoms. The molecule has 0 fully saturated rings. The Kier molecular flexibility index (Phi) is 7.90. The van der Waals surface area contributed by atoms with E-state index >= 15 is 0 Å². The van der Waals surface area contributed by atoms with Gasteiger partial charge in [0.1, 0.15) is 6.04 Å². The highest BCUT2D eigenvalue weighted by Crippen LogP contribution is 2.23. The number of carbonyl (C=O) groups excluding carboxylic acids is 2. The molecule has 0 aromatic heterocycles. The molecule has 0 bridgehead atoms. The van der Waals surface area contributed by atoms with Crippen LogP contribution >= 0.6 is 23.2 Å². The molecule has 0 heterocycles. The molecule has 0 aliphatic heterocycles. The Labute approximate surface area is 176 Å². The molecule has 150 valence electrons. The number of nitrogens with one attached hydrogen (secondary N) is 1. The predicted octanol–water partition coefficient (Wildman–Crippen LogP) is 4.79. The zero-order valence-corrected chi connectivity index (χ0v) is 18.1. The molecule has 28 heavy (non-hydrogen) atoms. The van der Waals surface area contributed by atoms with E-state index in [1.807, 2.05) is 45.0 Å². The average molecular weight is 421 g/mol. The third-order valence-electron chi connectivity index (χ3n) is 4.54. The summed E-state index contributed by atoms with van der Waals surface area (Å²) in [6.07, 6.45) is 0.141. The lowest BCUT2D eigenvalue weighted by atomic mass is 10.1. The van der Waals surface area contributed by atoms with Crippen LogP contribution in [0, 0.1) is 6.92 Å². The van der Waals surface area contributed by atoms with E-state index in [0.717, 1.165) is 16.7 Å². The molecule has 0 aliphatic rings. The summed E-state index contributed by atoms with van der Waals surface area (Å²) in [5, 5.41) is 3.74. The van der Waals surface area contributed by atoms with Crippen LogP contribution in [-0.4, -0.2) is 28.8 Å². The molecule has 2 amide bonds. The maximum atomic E-state index is 13.1. The fraction of sp³-hybridized carbons (Fsp3) is 0.364. The van der Waals surface area contributed by atoms with Crippen molar-refractivity contribution < 1.29 is 9.59 Å². The van der Waals surface area contributed by atoms with Crippen LogP contribution in [0.3, 0.4) is 0 Å². The molecule has 0 saturated heterocycles. The van der Waals surface area contributed by atoms with Crippen LogP contribution in [-0.2, 0) is 22.6 Å². The van der Waals surface area contributed by atoms with E-state index in [1.54, 1.807) is 30.0 Å². The third-order valence-corrected chi connectivity index (χ3v) is 5.28. The molecule has 1 atom stereocenters. The van der Waals surface area contributed by atoms with E-state index in [2.05, 4.69) is 5.32 Å². The molecule has 4 nitrogen and oxygen atoms in total. The van der Waals surface area contributed by atoms with Crippen LogP contribution in [0.25, 0.3) is 0 Å². The lowest BCUT2D eigenvalue weighted by Crippen LogP contribution is -2.49. The molecule has 2 aromatic carbocycles. The van der Waals surface area contributed by atoms with Gasteiger partial charge >= 0.3 is 0 Å². The van der Waals surface area contributed by atoms with Crippen LogP contribution in [0.4, 0.5) is 0 Å². The van der Waals surface area contributed by atoms with Crippen molar-refractivity contribution in [3.05, 3.63) is 69.2 Å². The van der Waals surface area contributed by atoms with E-state index in [1.165, 1.54) is 0 Å². The second-order valence-electron chi connectivity index (χ2n) is 7.21.